The monoisotopic (exact) mass is 493 g/mol. The van der Waals surface area contributed by atoms with Crippen LogP contribution in [0, 0.1) is 6.92 Å². The first-order valence-electron chi connectivity index (χ1n) is 10.9. The summed E-state index contributed by atoms with van der Waals surface area (Å²) in [5, 5.41) is 0.379. The molecule has 0 spiro atoms. The third kappa shape index (κ3) is 5.64. The molecule has 3 aromatic rings. The number of hydrogen-bond acceptors (Lipinski definition) is 5. The highest BCUT2D eigenvalue weighted by Crippen LogP contribution is 2.36. The van der Waals surface area contributed by atoms with Crippen LogP contribution in [0.5, 0.6) is 11.5 Å². The molecule has 0 N–H and O–H groups in total. The van der Waals surface area contributed by atoms with Crippen LogP contribution < -0.4 is 9.47 Å². The molecule has 1 saturated heterocycles. The SMILES string of the molecule is CCOc1cc(/C=C2\SC(=O)N(Cc3ccccc3C)C2=O)ccc1OCc1cccc(Cl)c1. The fourth-order valence-corrected chi connectivity index (χ4v) is 4.59. The smallest absolute Gasteiger partial charge is 0.293 e. The summed E-state index contributed by atoms with van der Waals surface area (Å²) in [5.74, 6) is 0.863. The van der Waals surface area contributed by atoms with Gasteiger partial charge in [-0.1, -0.05) is 54.1 Å². The summed E-state index contributed by atoms with van der Waals surface area (Å²) < 4.78 is 11.7. The van der Waals surface area contributed by atoms with E-state index in [0.29, 0.717) is 34.6 Å². The molecule has 4 rings (SSSR count). The van der Waals surface area contributed by atoms with E-state index in [0.717, 1.165) is 34.0 Å². The quantitative estimate of drug-likeness (QED) is 0.321. The van der Waals surface area contributed by atoms with E-state index in [2.05, 4.69) is 0 Å². The van der Waals surface area contributed by atoms with Crippen molar-refractivity contribution in [2.45, 2.75) is 27.0 Å². The van der Waals surface area contributed by atoms with E-state index in [9.17, 15) is 9.59 Å². The first kappa shape index (κ1) is 23.9. The maximum atomic E-state index is 12.9. The van der Waals surface area contributed by atoms with Crippen molar-refractivity contribution in [3.8, 4) is 11.5 Å². The minimum Gasteiger partial charge on any atom is -0.490 e. The van der Waals surface area contributed by atoms with Crippen LogP contribution in [0.3, 0.4) is 0 Å². The second-order valence-electron chi connectivity index (χ2n) is 7.75. The summed E-state index contributed by atoms with van der Waals surface area (Å²) in [6, 6.07) is 20.7. The van der Waals surface area contributed by atoms with Gasteiger partial charge in [0.2, 0.25) is 0 Å². The van der Waals surface area contributed by atoms with Gasteiger partial charge in [0.25, 0.3) is 11.1 Å². The number of amides is 2. The number of carbonyl (C=O) groups is 2. The summed E-state index contributed by atoms with van der Waals surface area (Å²) in [7, 11) is 0. The number of imide groups is 1. The second kappa shape index (κ2) is 10.8. The minimum absolute atomic E-state index is 0.259. The average molecular weight is 494 g/mol. The van der Waals surface area contributed by atoms with E-state index in [1.165, 1.54) is 4.90 Å². The zero-order chi connectivity index (χ0) is 24.1. The normalized spacial score (nSPS) is 14.7. The molecule has 0 bridgehead atoms. The number of benzene rings is 3. The Morgan fingerprint density at radius 3 is 2.56 bits per heavy atom. The Hall–Kier alpha value is -3.22. The van der Waals surface area contributed by atoms with Crippen LogP contribution in [0.25, 0.3) is 6.08 Å². The van der Waals surface area contributed by atoms with Crippen molar-refractivity contribution in [2.24, 2.45) is 0 Å². The maximum absolute atomic E-state index is 12.9. The molecule has 0 saturated carbocycles. The molecule has 0 aromatic heterocycles. The van der Waals surface area contributed by atoms with E-state index in [4.69, 9.17) is 21.1 Å². The summed E-state index contributed by atoms with van der Waals surface area (Å²) in [6.45, 7) is 4.93. The summed E-state index contributed by atoms with van der Waals surface area (Å²) in [5.41, 5.74) is 3.69. The Labute approximate surface area is 208 Å². The minimum atomic E-state index is -0.294. The fraction of sp³-hybridized carbons (Fsp3) is 0.185. The molecule has 0 radical (unpaired) electrons. The molecular formula is C27H24ClNO4S. The van der Waals surface area contributed by atoms with Crippen molar-refractivity contribution in [1.29, 1.82) is 0 Å². The van der Waals surface area contributed by atoms with Crippen molar-refractivity contribution in [2.75, 3.05) is 6.61 Å². The average Bonchev–Trinajstić information content (AvgIpc) is 3.07. The molecule has 1 fully saturated rings. The van der Waals surface area contributed by atoms with Crippen LogP contribution in [0.4, 0.5) is 4.79 Å². The van der Waals surface area contributed by atoms with Gasteiger partial charge in [0.05, 0.1) is 18.1 Å². The van der Waals surface area contributed by atoms with E-state index in [1.54, 1.807) is 12.1 Å². The van der Waals surface area contributed by atoms with Gasteiger partial charge in [-0.05, 0) is 78.2 Å². The lowest BCUT2D eigenvalue weighted by molar-refractivity contribution is -0.123. The molecule has 2 amide bonds. The first-order chi connectivity index (χ1) is 16.4. The van der Waals surface area contributed by atoms with Crippen LogP contribution in [-0.4, -0.2) is 22.7 Å². The Balaban J connectivity index is 1.51. The molecule has 174 valence electrons. The second-order valence-corrected chi connectivity index (χ2v) is 9.18. The number of carbonyl (C=O) groups excluding carboxylic acids is 2. The van der Waals surface area contributed by atoms with Gasteiger partial charge in [0.15, 0.2) is 11.5 Å². The van der Waals surface area contributed by atoms with E-state index < -0.39 is 0 Å². The lowest BCUT2D eigenvalue weighted by Gasteiger charge is -2.14. The largest absolute Gasteiger partial charge is 0.490 e. The van der Waals surface area contributed by atoms with Gasteiger partial charge in [0, 0.05) is 5.02 Å². The summed E-state index contributed by atoms with van der Waals surface area (Å²) in [6.07, 6.45) is 1.71. The van der Waals surface area contributed by atoms with Gasteiger partial charge >= 0.3 is 0 Å². The van der Waals surface area contributed by atoms with Crippen LogP contribution in [0.15, 0.2) is 71.6 Å². The summed E-state index contributed by atoms with van der Waals surface area (Å²) >= 11 is 7.00. The van der Waals surface area contributed by atoms with Crippen LogP contribution >= 0.6 is 23.4 Å². The topological polar surface area (TPSA) is 55.8 Å². The van der Waals surface area contributed by atoms with Crippen LogP contribution in [-0.2, 0) is 17.9 Å². The molecule has 34 heavy (non-hydrogen) atoms. The number of hydrogen-bond donors (Lipinski definition) is 0. The number of nitrogens with zero attached hydrogens (tertiary/aromatic N) is 1. The fourth-order valence-electron chi connectivity index (χ4n) is 3.54. The van der Waals surface area contributed by atoms with Crippen molar-refractivity contribution in [1.82, 2.24) is 4.90 Å². The molecule has 1 heterocycles. The Kier molecular flexibility index (Phi) is 7.60. The van der Waals surface area contributed by atoms with Gasteiger partial charge in [-0.2, -0.15) is 0 Å². The van der Waals surface area contributed by atoms with Crippen molar-refractivity contribution in [3.63, 3.8) is 0 Å². The number of thioether (sulfide) groups is 1. The first-order valence-corrected chi connectivity index (χ1v) is 12.1. The van der Waals surface area contributed by atoms with Gasteiger partial charge in [-0.25, -0.2) is 0 Å². The lowest BCUT2D eigenvalue weighted by Crippen LogP contribution is -2.27. The molecule has 7 heteroatoms. The van der Waals surface area contributed by atoms with Crippen molar-refractivity contribution in [3.05, 3.63) is 98.9 Å². The van der Waals surface area contributed by atoms with E-state index in [-0.39, 0.29) is 17.7 Å². The van der Waals surface area contributed by atoms with Crippen molar-refractivity contribution >= 4 is 40.6 Å². The molecule has 0 unspecified atom stereocenters. The molecule has 1 aliphatic rings. The molecule has 1 aliphatic heterocycles. The Morgan fingerprint density at radius 2 is 1.79 bits per heavy atom. The zero-order valence-electron chi connectivity index (χ0n) is 18.9. The standard InChI is InChI=1S/C27H24ClNO4S/c1-3-32-24-14-19(11-12-23(24)33-17-20-8-6-10-22(28)13-20)15-25-26(30)29(27(31)34-25)16-21-9-5-4-7-18(21)2/h4-15H,3,16-17H2,1-2H3/b25-15-. The molecule has 3 aromatic carbocycles. The number of ether oxygens (including phenoxy) is 2. The lowest BCUT2D eigenvalue weighted by atomic mass is 10.1. The van der Waals surface area contributed by atoms with Crippen LogP contribution in [0.1, 0.15) is 29.2 Å². The Bertz CT molecular complexity index is 1260. The molecule has 0 aliphatic carbocycles. The van der Waals surface area contributed by atoms with Gasteiger partial charge < -0.3 is 9.47 Å². The van der Waals surface area contributed by atoms with Gasteiger partial charge in [-0.15, -0.1) is 0 Å². The maximum Gasteiger partial charge on any atom is 0.293 e. The molecule has 0 atom stereocenters. The molecular weight excluding hydrogens is 470 g/mol. The van der Waals surface area contributed by atoms with Crippen LogP contribution in [0.2, 0.25) is 5.02 Å². The highest BCUT2D eigenvalue weighted by atomic mass is 35.5. The third-order valence-electron chi connectivity index (χ3n) is 5.31. The number of halogens is 1. The molecule has 5 nitrogen and oxygen atoms in total. The van der Waals surface area contributed by atoms with Gasteiger partial charge in [-0.3, -0.25) is 14.5 Å². The Morgan fingerprint density at radius 1 is 0.971 bits per heavy atom. The third-order valence-corrected chi connectivity index (χ3v) is 6.45. The van der Waals surface area contributed by atoms with Crippen molar-refractivity contribution < 1.29 is 19.1 Å². The van der Waals surface area contributed by atoms with E-state index >= 15 is 0 Å². The van der Waals surface area contributed by atoms with Gasteiger partial charge in [0.1, 0.15) is 6.61 Å². The zero-order valence-corrected chi connectivity index (χ0v) is 20.5. The highest BCUT2D eigenvalue weighted by molar-refractivity contribution is 8.18. The number of rotatable bonds is 8. The predicted molar refractivity (Wildman–Crippen MR) is 136 cm³/mol. The number of aryl methyl sites for hydroxylation is 1. The summed E-state index contributed by atoms with van der Waals surface area (Å²) in [4.78, 5) is 27.2. The van der Waals surface area contributed by atoms with E-state index in [1.807, 2.05) is 74.5 Å². The predicted octanol–water partition coefficient (Wildman–Crippen LogP) is 6.86. The highest BCUT2D eigenvalue weighted by Gasteiger charge is 2.35.